The normalized spacial score (nSPS) is 10.3. The smallest absolute Gasteiger partial charge is 0.251 e. The molecule has 5 nitrogen and oxygen atoms in total. The molecule has 2 N–H and O–H groups in total. The zero-order valence-electron chi connectivity index (χ0n) is 15.2. The van der Waals surface area contributed by atoms with Gasteiger partial charge in [0, 0.05) is 28.9 Å². The minimum absolute atomic E-state index is 0.178. The predicted molar refractivity (Wildman–Crippen MR) is 109 cm³/mol. The van der Waals surface area contributed by atoms with Crippen LogP contribution in [0, 0.1) is 0 Å². The number of aromatic nitrogens is 1. The van der Waals surface area contributed by atoms with Crippen LogP contribution in [0.5, 0.6) is 0 Å². The van der Waals surface area contributed by atoms with E-state index in [2.05, 4.69) is 15.6 Å². The second kappa shape index (κ2) is 9.67. The lowest BCUT2D eigenvalue weighted by atomic mass is 10.1. The van der Waals surface area contributed by atoms with Crippen LogP contribution in [0.3, 0.4) is 0 Å². The Labute approximate surface area is 168 Å². The Kier molecular flexibility index (Phi) is 6.76. The van der Waals surface area contributed by atoms with Crippen LogP contribution in [0.1, 0.15) is 32.0 Å². The van der Waals surface area contributed by atoms with Crippen molar-refractivity contribution in [3.05, 3.63) is 100 Å². The molecular formula is C22H20ClN3O2. The summed E-state index contributed by atoms with van der Waals surface area (Å²) >= 11 is 5.96. The van der Waals surface area contributed by atoms with Crippen LogP contribution in [0.4, 0.5) is 0 Å². The van der Waals surface area contributed by atoms with E-state index in [9.17, 15) is 9.59 Å². The number of hydrogen-bond acceptors (Lipinski definition) is 3. The van der Waals surface area contributed by atoms with E-state index in [4.69, 9.17) is 11.6 Å². The molecule has 0 aliphatic carbocycles. The molecule has 3 aromatic rings. The lowest BCUT2D eigenvalue weighted by Crippen LogP contribution is -2.26. The molecule has 3 rings (SSSR count). The zero-order chi connectivity index (χ0) is 19.8. The van der Waals surface area contributed by atoms with Gasteiger partial charge in [0.05, 0.1) is 12.2 Å². The summed E-state index contributed by atoms with van der Waals surface area (Å²) in [6.45, 7) is 0.858. The summed E-state index contributed by atoms with van der Waals surface area (Å²) in [6, 6.07) is 19.7. The largest absolute Gasteiger partial charge is 0.352 e. The molecule has 1 aromatic heterocycles. The highest BCUT2D eigenvalue weighted by molar-refractivity contribution is 6.30. The Morgan fingerprint density at radius 2 is 1.57 bits per heavy atom. The maximum atomic E-state index is 12.2. The molecule has 0 bridgehead atoms. The Hall–Kier alpha value is -3.18. The van der Waals surface area contributed by atoms with Crippen molar-refractivity contribution in [2.45, 2.75) is 13.0 Å². The van der Waals surface area contributed by atoms with Gasteiger partial charge in [-0.05, 0) is 60.5 Å². The van der Waals surface area contributed by atoms with Crippen LogP contribution in [-0.4, -0.2) is 23.3 Å². The van der Waals surface area contributed by atoms with Gasteiger partial charge in [0.1, 0.15) is 0 Å². The zero-order valence-corrected chi connectivity index (χ0v) is 15.9. The number of rotatable bonds is 7. The second-order valence-corrected chi connectivity index (χ2v) is 6.65. The van der Waals surface area contributed by atoms with Crippen molar-refractivity contribution in [2.75, 3.05) is 6.54 Å². The van der Waals surface area contributed by atoms with Gasteiger partial charge < -0.3 is 10.6 Å². The lowest BCUT2D eigenvalue weighted by Gasteiger charge is -2.07. The highest BCUT2D eigenvalue weighted by atomic mass is 35.5. The quantitative estimate of drug-likeness (QED) is 0.643. The maximum absolute atomic E-state index is 12.2. The van der Waals surface area contributed by atoms with Crippen molar-refractivity contribution in [1.82, 2.24) is 15.6 Å². The third kappa shape index (κ3) is 5.66. The Balaban J connectivity index is 1.48. The highest BCUT2D eigenvalue weighted by Crippen LogP contribution is 2.11. The number of nitrogens with one attached hydrogen (secondary N) is 2. The second-order valence-electron chi connectivity index (χ2n) is 6.22. The fourth-order valence-corrected chi connectivity index (χ4v) is 2.88. The summed E-state index contributed by atoms with van der Waals surface area (Å²) in [4.78, 5) is 28.6. The summed E-state index contributed by atoms with van der Waals surface area (Å²) < 4.78 is 0. The molecule has 2 amide bonds. The first kappa shape index (κ1) is 19.6. The van der Waals surface area contributed by atoms with Gasteiger partial charge in [-0.2, -0.15) is 0 Å². The first-order chi connectivity index (χ1) is 13.6. The van der Waals surface area contributed by atoms with Crippen molar-refractivity contribution >= 4 is 23.4 Å². The summed E-state index contributed by atoms with van der Waals surface area (Å²) in [6.07, 6.45) is 2.38. The van der Waals surface area contributed by atoms with E-state index in [0.29, 0.717) is 35.7 Å². The average Bonchev–Trinajstić information content (AvgIpc) is 2.73. The van der Waals surface area contributed by atoms with Gasteiger partial charge >= 0.3 is 0 Å². The fourth-order valence-electron chi connectivity index (χ4n) is 2.66. The Bertz CT molecular complexity index is 944. The molecule has 142 valence electrons. The number of carbonyl (C=O) groups is 2. The topological polar surface area (TPSA) is 71.1 Å². The molecule has 6 heteroatoms. The minimum Gasteiger partial charge on any atom is -0.352 e. The van der Waals surface area contributed by atoms with E-state index < -0.39 is 0 Å². The van der Waals surface area contributed by atoms with E-state index in [-0.39, 0.29) is 11.8 Å². The third-order valence-corrected chi connectivity index (χ3v) is 4.39. The number of amides is 2. The van der Waals surface area contributed by atoms with E-state index in [1.807, 2.05) is 42.5 Å². The maximum Gasteiger partial charge on any atom is 0.251 e. The van der Waals surface area contributed by atoms with Crippen molar-refractivity contribution in [3.8, 4) is 0 Å². The van der Waals surface area contributed by atoms with Crippen LogP contribution in [0.2, 0.25) is 5.02 Å². The minimum atomic E-state index is -0.210. The molecule has 0 aliphatic heterocycles. The van der Waals surface area contributed by atoms with Crippen LogP contribution < -0.4 is 10.6 Å². The van der Waals surface area contributed by atoms with Crippen LogP contribution in [0.25, 0.3) is 0 Å². The van der Waals surface area contributed by atoms with Crippen molar-refractivity contribution in [3.63, 3.8) is 0 Å². The SMILES string of the molecule is O=C(NCCc1cccc(Cl)c1)c1ccc(C(=O)NCc2ccccn2)cc1. The Morgan fingerprint density at radius 1 is 0.857 bits per heavy atom. The standard InChI is InChI=1S/C22H20ClN3O2/c23-19-5-3-4-16(14-19)11-13-25-21(27)17-7-9-18(10-8-17)22(28)26-15-20-6-1-2-12-24-20/h1-10,12,14H,11,13,15H2,(H,25,27)(H,26,28). The summed E-state index contributed by atoms with van der Waals surface area (Å²) in [7, 11) is 0. The van der Waals surface area contributed by atoms with E-state index in [1.165, 1.54) is 0 Å². The molecule has 0 aliphatic rings. The first-order valence-electron chi connectivity index (χ1n) is 8.92. The van der Waals surface area contributed by atoms with Gasteiger partial charge in [-0.3, -0.25) is 14.6 Å². The van der Waals surface area contributed by atoms with Gasteiger partial charge in [0.2, 0.25) is 0 Å². The molecule has 1 heterocycles. The van der Waals surface area contributed by atoms with Gasteiger partial charge in [-0.1, -0.05) is 29.8 Å². The molecule has 0 saturated heterocycles. The van der Waals surface area contributed by atoms with Crippen LogP contribution >= 0.6 is 11.6 Å². The highest BCUT2D eigenvalue weighted by Gasteiger charge is 2.09. The summed E-state index contributed by atoms with van der Waals surface area (Å²) in [5.74, 6) is -0.388. The molecule has 28 heavy (non-hydrogen) atoms. The van der Waals surface area contributed by atoms with Gasteiger partial charge in [-0.25, -0.2) is 0 Å². The molecular weight excluding hydrogens is 374 g/mol. The van der Waals surface area contributed by atoms with Crippen molar-refractivity contribution < 1.29 is 9.59 Å². The third-order valence-electron chi connectivity index (χ3n) is 4.15. The molecule has 0 unspecified atom stereocenters. The fraction of sp³-hybridized carbons (Fsp3) is 0.136. The molecule has 0 atom stereocenters. The summed E-state index contributed by atoms with van der Waals surface area (Å²) in [5.41, 5.74) is 2.85. The van der Waals surface area contributed by atoms with Gasteiger partial charge in [0.15, 0.2) is 0 Å². The Morgan fingerprint density at radius 3 is 2.21 bits per heavy atom. The van der Waals surface area contributed by atoms with E-state index >= 15 is 0 Å². The van der Waals surface area contributed by atoms with E-state index in [0.717, 1.165) is 11.3 Å². The number of pyridine rings is 1. The lowest BCUT2D eigenvalue weighted by molar-refractivity contribution is 0.0940. The first-order valence-corrected chi connectivity index (χ1v) is 9.30. The van der Waals surface area contributed by atoms with Crippen molar-refractivity contribution in [1.29, 1.82) is 0 Å². The van der Waals surface area contributed by atoms with Crippen LogP contribution in [-0.2, 0) is 13.0 Å². The molecule has 0 radical (unpaired) electrons. The summed E-state index contributed by atoms with van der Waals surface area (Å²) in [5, 5.41) is 6.36. The van der Waals surface area contributed by atoms with Gasteiger partial charge in [0.25, 0.3) is 11.8 Å². The molecule has 0 saturated carbocycles. The van der Waals surface area contributed by atoms with Crippen LogP contribution in [0.15, 0.2) is 72.9 Å². The molecule has 0 fully saturated rings. The average molecular weight is 394 g/mol. The number of carbonyl (C=O) groups excluding carboxylic acids is 2. The monoisotopic (exact) mass is 393 g/mol. The molecule has 0 spiro atoms. The number of halogens is 1. The number of nitrogens with zero attached hydrogens (tertiary/aromatic N) is 1. The van der Waals surface area contributed by atoms with E-state index in [1.54, 1.807) is 30.5 Å². The number of benzene rings is 2. The molecule has 2 aromatic carbocycles. The number of hydrogen-bond donors (Lipinski definition) is 2. The van der Waals surface area contributed by atoms with Gasteiger partial charge in [-0.15, -0.1) is 0 Å². The van der Waals surface area contributed by atoms with Crippen molar-refractivity contribution in [2.24, 2.45) is 0 Å². The predicted octanol–water partition coefficient (Wildman–Crippen LogP) is 3.64.